The van der Waals surface area contributed by atoms with Crippen LogP contribution in [0.3, 0.4) is 0 Å². The number of nitrogens with zero attached hydrogens (tertiary/aromatic N) is 3. The summed E-state index contributed by atoms with van der Waals surface area (Å²) in [6, 6.07) is 0. The van der Waals surface area contributed by atoms with Gasteiger partial charge in [-0.2, -0.15) is 35.2 Å². The van der Waals surface area contributed by atoms with Crippen LogP contribution in [0.2, 0.25) is 0 Å². The largest absolute Gasteiger partial charge is 4.00 e. The third-order valence-electron chi connectivity index (χ3n) is 2.29. The first-order chi connectivity index (χ1) is 7.67. The van der Waals surface area contributed by atoms with E-state index in [-0.39, 0.29) is 33.3 Å². The van der Waals surface area contributed by atoms with E-state index in [1.54, 1.807) is 28.2 Å². The van der Waals surface area contributed by atoms with Crippen molar-refractivity contribution in [1.82, 2.24) is 0 Å². The standard InChI is InChI=1S/C8H15BrN.2C2H6N.CH3.Hf/c1-10-6-5-7-3-2-4-8(7)9;2*1-3-2;;/h7-8H,2-6H2,1H3;2*1-2H3;1H3;/q4*-1;+4. The van der Waals surface area contributed by atoms with E-state index in [9.17, 15) is 0 Å². The van der Waals surface area contributed by atoms with Crippen molar-refractivity contribution in [3.8, 4) is 0 Å². The Morgan fingerprint density at radius 1 is 1.00 bits per heavy atom. The van der Waals surface area contributed by atoms with Crippen molar-refractivity contribution in [3.63, 3.8) is 0 Å². The summed E-state index contributed by atoms with van der Waals surface area (Å²) in [6.07, 6.45) is 5.47. The Morgan fingerprint density at radius 3 is 1.72 bits per heavy atom. The normalized spacial score (nSPS) is 20.3. The first-order valence-electron chi connectivity index (χ1n) is 5.83. The summed E-state index contributed by atoms with van der Waals surface area (Å²) in [4.78, 5) is 0.786. The van der Waals surface area contributed by atoms with Gasteiger partial charge in [0, 0.05) is 4.83 Å². The van der Waals surface area contributed by atoms with Crippen molar-refractivity contribution in [2.45, 2.75) is 30.5 Å². The van der Waals surface area contributed by atoms with Crippen LogP contribution in [0.1, 0.15) is 25.7 Å². The van der Waals surface area contributed by atoms with Gasteiger partial charge in [0.2, 0.25) is 0 Å². The van der Waals surface area contributed by atoms with Crippen molar-refractivity contribution in [1.29, 1.82) is 0 Å². The van der Waals surface area contributed by atoms with E-state index in [0.29, 0.717) is 0 Å². The number of halogens is 1. The molecule has 0 aromatic carbocycles. The minimum Gasteiger partial charge on any atom is -0.668 e. The first-order valence-corrected chi connectivity index (χ1v) is 6.74. The molecular formula is C13H30BrHfN3. The molecule has 3 nitrogen and oxygen atoms in total. The Hall–Kier alpha value is 1.23. The Balaban J connectivity index is -0.000000106. The van der Waals surface area contributed by atoms with Crippen LogP contribution >= 0.6 is 15.9 Å². The molecule has 2 atom stereocenters. The topological polar surface area (TPSA) is 42.3 Å². The summed E-state index contributed by atoms with van der Waals surface area (Å²) in [5.41, 5.74) is 0. The van der Waals surface area contributed by atoms with Crippen molar-refractivity contribution in [2.24, 2.45) is 5.92 Å². The summed E-state index contributed by atoms with van der Waals surface area (Å²) in [5, 5.41) is 11.1. The van der Waals surface area contributed by atoms with Gasteiger partial charge < -0.3 is 23.4 Å². The molecule has 1 aliphatic rings. The summed E-state index contributed by atoms with van der Waals surface area (Å²) >= 11 is 3.69. The first kappa shape index (κ1) is 27.6. The van der Waals surface area contributed by atoms with Gasteiger partial charge in [0.25, 0.3) is 0 Å². The Kier molecular flexibility index (Phi) is 35.7. The minimum atomic E-state index is 0. The van der Waals surface area contributed by atoms with Gasteiger partial charge in [0.05, 0.1) is 0 Å². The van der Waals surface area contributed by atoms with E-state index in [4.69, 9.17) is 0 Å². The van der Waals surface area contributed by atoms with Gasteiger partial charge in [-0.05, 0) is 18.8 Å². The minimum absolute atomic E-state index is 0. The Bertz CT molecular complexity index is 127. The second kappa shape index (κ2) is 23.3. The molecule has 108 valence electrons. The fourth-order valence-electron chi connectivity index (χ4n) is 1.61. The molecule has 0 aromatic heterocycles. The molecule has 0 heterocycles. The molecule has 1 rings (SSSR count). The van der Waals surface area contributed by atoms with Crippen LogP contribution in [0.25, 0.3) is 16.0 Å². The average Bonchev–Trinajstić information content (AvgIpc) is 2.63. The molecule has 18 heavy (non-hydrogen) atoms. The van der Waals surface area contributed by atoms with Gasteiger partial charge in [-0.25, -0.2) is 0 Å². The van der Waals surface area contributed by atoms with Crippen molar-refractivity contribution < 1.29 is 25.8 Å². The zero-order chi connectivity index (χ0) is 12.8. The smallest absolute Gasteiger partial charge is 0.668 e. The molecule has 1 fully saturated rings. The van der Waals surface area contributed by atoms with Crippen LogP contribution in [0.15, 0.2) is 0 Å². The van der Waals surface area contributed by atoms with Gasteiger partial charge in [-0.1, -0.05) is 28.8 Å². The third kappa shape index (κ3) is 19.6. The SMILES string of the molecule is C[N-]C.C[N-]C.C[N-]CCC1CCCC1Br.[CH3-].[Hf+4]. The van der Waals surface area contributed by atoms with Crippen LogP contribution in [0, 0.1) is 13.3 Å². The molecule has 0 bridgehead atoms. The zero-order valence-corrected chi connectivity index (χ0v) is 18.1. The molecule has 0 saturated heterocycles. The van der Waals surface area contributed by atoms with Crippen LogP contribution in [-0.4, -0.2) is 46.6 Å². The average molecular weight is 487 g/mol. The summed E-state index contributed by atoms with van der Waals surface area (Å²) in [5.74, 6) is 0.906. The second-order valence-electron chi connectivity index (χ2n) is 3.93. The Morgan fingerprint density at radius 2 is 1.44 bits per heavy atom. The molecule has 2 unspecified atom stereocenters. The summed E-state index contributed by atoms with van der Waals surface area (Å²) in [6.45, 7) is 1.05. The quantitative estimate of drug-likeness (QED) is 0.317. The van der Waals surface area contributed by atoms with Crippen LogP contribution in [-0.2, 0) is 25.8 Å². The molecule has 1 saturated carbocycles. The number of alkyl halides is 1. The molecule has 5 heteroatoms. The predicted molar refractivity (Wildman–Crippen MR) is 85.7 cm³/mol. The van der Waals surface area contributed by atoms with Crippen LogP contribution in [0.5, 0.6) is 0 Å². The molecule has 0 amide bonds. The zero-order valence-electron chi connectivity index (χ0n) is 12.9. The molecule has 0 spiro atoms. The van der Waals surface area contributed by atoms with Gasteiger partial charge >= 0.3 is 25.8 Å². The van der Waals surface area contributed by atoms with E-state index in [1.807, 2.05) is 7.05 Å². The summed E-state index contributed by atoms with van der Waals surface area (Å²) in [7, 11) is 8.90. The molecule has 0 N–H and O–H groups in total. The maximum atomic E-state index is 4.11. The van der Waals surface area contributed by atoms with E-state index in [2.05, 4.69) is 31.9 Å². The van der Waals surface area contributed by atoms with Crippen molar-refractivity contribution >= 4 is 15.9 Å². The predicted octanol–water partition coefficient (Wildman–Crippen LogP) is 4.63. The van der Waals surface area contributed by atoms with Crippen molar-refractivity contribution in [3.05, 3.63) is 23.4 Å². The van der Waals surface area contributed by atoms with E-state index in [1.165, 1.54) is 25.7 Å². The fourth-order valence-corrected chi connectivity index (χ4v) is 2.46. The number of hydrogen-bond acceptors (Lipinski definition) is 0. The van der Waals surface area contributed by atoms with Crippen LogP contribution < -0.4 is 0 Å². The molecular weight excluding hydrogens is 457 g/mol. The van der Waals surface area contributed by atoms with Gasteiger partial charge in [0.15, 0.2) is 0 Å². The maximum Gasteiger partial charge on any atom is 4.00 e. The molecule has 1 aliphatic carbocycles. The monoisotopic (exact) mass is 487 g/mol. The number of hydrogen-bond donors (Lipinski definition) is 0. The van der Waals surface area contributed by atoms with Gasteiger partial charge in [-0.15, -0.1) is 6.54 Å². The van der Waals surface area contributed by atoms with E-state index < -0.39 is 0 Å². The summed E-state index contributed by atoms with van der Waals surface area (Å²) < 4.78 is 0. The van der Waals surface area contributed by atoms with Crippen LogP contribution in [0.4, 0.5) is 0 Å². The second-order valence-corrected chi connectivity index (χ2v) is 5.11. The molecule has 0 radical (unpaired) electrons. The van der Waals surface area contributed by atoms with E-state index >= 15 is 0 Å². The van der Waals surface area contributed by atoms with Gasteiger partial charge in [-0.3, -0.25) is 0 Å². The fraction of sp³-hybridized carbons (Fsp3) is 0.923. The third-order valence-corrected chi connectivity index (χ3v) is 3.50. The molecule has 0 aliphatic heterocycles. The van der Waals surface area contributed by atoms with E-state index in [0.717, 1.165) is 17.3 Å². The number of rotatable bonds is 3. The molecule has 0 aromatic rings. The van der Waals surface area contributed by atoms with Gasteiger partial charge in [0.1, 0.15) is 0 Å². The Labute approximate surface area is 143 Å². The maximum absolute atomic E-state index is 4.11. The van der Waals surface area contributed by atoms with Crippen molar-refractivity contribution in [2.75, 3.05) is 41.8 Å².